The summed E-state index contributed by atoms with van der Waals surface area (Å²) in [5.74, 6) is 1.55. The van der Waals surface area contributed by atoms with Crippen molar-refractivity contribution < 1.29 is 14.6 Å². The maximum absolute atomic E-state index is 9.87. The number of aliphatic hydroxyl groups excluding tert-OH is 1. The second kappa shape index (κ2) is 8.09. The van der Waals surface area contributed by atoms with E-state index in [-0.39, 0.29) is 6.04 Å². The van der Waals surface area contributed by atoms with Gasteiger partial charge >= 0.3 is 0 Å². The van der Waals surface area contributed by atoms with Crippen molar-refractivity contribution in [2.75, 3.05) is 41.4 Å². The van der Waals surface area contributed by atoms with Crippen LogP contribution in [0.5, 0.6) is 11.5 Å². The Bertz CT molecular complexity index is 410. The van der Waals surface area contributed by atoms with Crippen LogP contribution in [-0.4, -0.2) is 57.5 Å². The molecular formula is C15H26N2O3. The second-order valence-electron chi connectivity index (χ2n) is 5.15. The number of rotatable bonds is 8. The highest BCUT2D eigenvalue weighted by molar-refractivity contribution is 5.42. The van der Waals surface area contributed by atoms with Crippen LogP contribution in [0.15, 0.2) is 18.2 Å². The lowest BCUT2D eigenvalue weighted by atomic mass is 10.1. The average molecular weight is 282 g/mol. The molecule has 0 saturated carbocycles. The largest absolute Gasteiger partial charge is 0.497 e. The topological polar surface area (TPSA) is 54.0 Å². The summed E-state index contributed by atoms with van der Waals surface area (Å²) in [7, 11) is 7.16. The number of ether oxygens (including phenoxy) is 2. The van der Waals surface area contributed by atoms with E-state index in [4.69, 9.17) is 9.47 Å². The minimum Gasteiger partial charge on any atom is -0.497 e. The molecule has 2 N–H and O–H groups in total. The summed E-state index contributed by atoms with van der Waals surface area (Å²) in [5, 5.41) is 13.2. The van der Waals surface area contributed by atoms with Gasteiger partial charge in [0.1, 0.15) is 11.5 Å². The van der Waals surface area contributed by atoms with Crippen molar-refractivity contribution in [1.29, 1.82) is 0 Å². The normalized spacial score (nSPS) is 14.2. The number of hydrogen-bond acceptors (Lipinski definition) is 5. The molecule has 0 saturated heterocycles. The predicted molar refractivity (Wildman–Crippen MR) is 80.5 cm³/mol. The second-order valence-corrected chi connectivity index (χ2v) is 5.15. The van der Waals surface area contributed by atoms with Crippen LogP contribution >= 0.6 is 0 Å². The highest BCUT2D eigenvalue weighted by atomic mass is 16.5. The van der Waals surface area contributed by atoms with Gasteiger partial charge in [0.25, 0.3) is 0 Å². The quantitative estimate of drug-likeness (QED) is 0.752. The molecule has 0 aliphatic carbocycles. The van der Waals surface area contributed by atoms with Crippen molar-refractivity contribution in [3.8, 4) is 11.5 Å². The van der Waals surface area contributed by atoms with E-state index < -0.39 is 6.10 Å². The van der Waals surface area contributed by atoms with Crippen molar-refractivity contribution in [3.63, 3.8) is 0 Å². The van der Waals surface area contributed by atoms with Crippen LogP contribution in [0.3, 0.4) is 0 Å². The molecule has 0 fully saturated rings. The summed E-state index contributed by atoms with van der Waals surface area (Å²) in [6.07, 6.45) is -0.392. The van der Waals surface area contributed by atoms with Crippen molar-refractivity contribution >= 4 is 0 Å². The lowest BCUT2D eigenvalue weighted by Gasteiger charge is -2.21. The van der Waals surface area contributed by atoms with E-state index in [1.807, 2.05) is 44.1 Å². The van der Waals surface area contributed by atoms with E-state index in [9.17, 15) is 5.11 Å². The fourth-order valence-corrected chi connectivity index (χ4v) is 2.08. The van der Waals surface area contributed by atoms with Crippen molar-refractivity contribution in [3.05, 3.63) is 23.8 Å². The van der Waals surface area contributed by atoms with Gasteiger partial charge in [0, 0.05) is 30.8 Å². The molecule has 0 aliphatic rings. The first-order valence-corrected chi connectivity index (χ1v) is 6.76. The number of nitrogens with zero attached hydrogens (tertiary/aromatic N) is 1. The van der Waals surface area contributed by atoms with Gasteiger partial charge < -0.3 is 24.8 Å². The average Bonchev–Trinajstić information content (AvgIpc) is 2.43. The van der Waals surface area contributed by atoms with Gasteiger partial charge in [0.15, 0.2) is 0 Å². The molecule has 0 spiro atoms. The number of likely N-dealkylation sites (N-methyl/N-ethyl adjacent to an activating group) is 1. The van der Waals surface area contributed by atoms with Crippen molar-refractivity contribution in [2.24, 2.45) is 0 Å². The Morgan fingerprint density at radius 1 is 1.25 bits per heavy atom. The fourth-order valence-electron chi connectivity index (χ4n) is 2.08. The number of aliphatic hydroxyl groups is 1. The zero-order valence-corrected chi connectivity index (χ0v) is 13.0. The molecule has 0 heterocycles. The Balaban J connectivity index is 2.65. The zero-order chi connectivity index (χ0) is 15.1. The molecule has 2 atom stereocenters. The molecule has 0 radical (unpaired) electrons. The highest BCUT2D eigenvalue weighted by Gasteiger charge is 2.14. The van der Waals surface area contributed by atoms with Crippen LogP contribution < -0.4 is 14.8 Å². The number of benzene rings is 1. The molecular weight excluding hydrogens is 256 g/mol. The minimum absolute atomic E-state index is 0.0904. The number of nitrogens with one attached hydrogen (secondary N) is 1. The maximum Gasteiger partial charge on any atom is 0.127 e. The molecule has 2 unspecified atom stereocenters. The molecule has 5 heteroatoms. The van der Waals surface area contributed by atoms with Crippen molar-refractivity contribution in [2.45, 2.75) is 19.1 Å². The Hall–Kier alpha value is -1.30. The number of methoxy groups -OCH3 is 2. The van der Waals surface area contributed by atoms with E-state index in [1.54, 1.807) is 14.2 Å². The highest BCUT2D eigenvalue weighted by Crippen LogP contribution is 2.29. The van der Waals surface area contributed by atoms with Gasteiger partial charge in [-0.1, -0.05) is 6.07 Å². The van der Waals surface area contributed by atoms with Crippen LogP contribution in [0.1, 0.15) is 18.5 Å². The predicted octanol–water partition coefficient (Wildman–Crippen LogP) is 1.28. The summed E-state index contributed by atoms with van der Waals surface area (Å²) in [5.41, 5.74) is 1.05. The standard InChI is InChI=1S/C15H26N2O3/c1-11(16-9-12(18)10-17(2)3)14-7-6-13(19-4)8-15(14)20-5/h6-8,11-12,16,18H,9-10H2,1-5H3. The number of hydrogen-bond donors (Lipinski definition) is 2. The van der Waals surface area contributed by atoms with Gasteiger partial charge in [-0.3, -0.25) is 0 Å². The summed E-state index contributed by atoms with van der Waals surface area (Å²) in [4.78, 5) is 1.96. The van der Waals surface area contributed by atoms with Crippen LogP contribution in [0.25, 0.3) is 0 Å². The van der Waals surface area contributed by atoms with E-state index >= 15 is 0 Å². The Kier molecular flexibility index (Phi) is 6.78. The fraction of sp³-hybridized carbons (Fsp3) is 0.600. The Morgan fingerprint density at radius 2 is 1.95 bits per heavy atom. The van der Waals surface area contributed by atoms with Crippen LogP contribution in [-0.2, 0) is 0 Å². The van der Waals surface area contributed by atoms with Gasteiger partial charge in [-0.25, -0.2) is 0 Å². The summed E-state index contributed by atoms with van der Waals surface area (Å²) in [6, 6.07) is 5.84. The van der Waals surface area contributed by atoms with Gasteiger partial charge in [-0.15, -0.1) is 0 Å². The van der Waals surface area contributed by atoms with Crippen molar-refractivity contribution in [1.82, 2.24) is 10.2 Å². The van der Waals surface area contributed by atoms with Gasteiger partial charge in [-0.2, -0.15) is 0 Å². The SMILES string of the molecule is COc1ccc(C(C)NCC(O)CN(C)C)c(OC)c1. The molecule has 0 aliphatic heterocycles. The summed E-state index contributed by atoms with van der Waals surface area (Å²) in [6.45, 7) is 3.22. The lowest BCUT2D eigenvalue weighted by molar-refractivity contribution is 0.132. The first kappa shape index (κ1) is 16.8. The van der Waals surface area contributed by atoms with E-state index in [0.29, 0.717) is 13.1 Å². The van der Waals surface area contributed by atoms with Gasteiger partial charge in [-0.05, 0) is 27.1 Å². The molecule has 1 aromatic rings. The summed E-state index contributed by atoms with van der Waals surface area (Å²) >= 11 is 0. The zero-order valence-electron chi connectivity index (χ0n) is 13.0. The molecule has 0 amide bonds. The lowest BCUT2D eigenvalue weighted by Crippen LogP contribution is -2.36. The molecule has 0 aromatic heterocycles. The smallest absolute Gasteiger partial charge is 0.127 e. The van der Waals surface area contributed by atoms with E-state index in [1.165, 1.54) is 0 Å². The molecule has 1 rings (SSSR count). The van der Waals surface area contributed by atoms with Crippen LogP contribution in [0.2, 0.25) is 0 Å². The molecule has 1 aromatic carbocycles. The minimum atomic E-state index is -0.392. The third-order valence-electron chi connectivity index (χ3n) is 3.14. The third kappa shape index (κ3) is 5.00. The molecule has 0 bridgehead atoms. The monoisotopic (exact) mass is 282 g/mol. The van der Waals surface area contributed by atoms with Gasteiger partial charge in [0.2, 0.25) is 0 Å². The molecule has 20 heavy (non-hydrogen) atoms. The Morgan fingerprint density at radius 3 is 2.50 bits per heavy atom. The van der Waals surface area contributed by atoms with Crippen LogP contribution in [0, 0.1) is 0 Å². The molecule has 5 nitrogen and oxygen atoms in total. The summed E-state index contributed by atoms with van der Waals surface area (Å²) < 4.78 is 10.6. The van der Waals surface area contributed by atoms with E-state index in [0.717, 1.165) is 17.1 Å². The molecule has 114 valence electrons. The maximum atomic E-state index is 9.87. The van der Waals surface area contributed by atoms with Gasteiger partial charge in [0.05, 0.1) is 20.3 Å². The third-order valence-corrected chi connectivity index (χ3v) is 3.14. The Labute approximate surface area is 121 Å². The first-order chi connectivity index (χ1) is 9.47. The first-order valence-electron chi connectivity index (χ1n) is 6.76. The van der Waals surface area contributed by atoms with Crippen LogP contribution in [0.4, 0.5) is 0 Å². The van der Waals surface area contributed by atoms with E-state index in [2.05, 4.69) is 5.32 Å².